The van der Waals surface area contributed by atoms with Gasteiger partial charge in [-0.15, -0.1) is 11.8 Å². The highest BCUT2D eigenvalue weighted by Crippen LogP contribution is 2.39. The van der Waals surface area contributed by atoms with E-state index in [-0.39, 0.29) is 17.6 Å². The van der Waals surface area contributed by atoms with Crippen LogP contribution in [-0.4, -0.2) is 17.3 Å². The zero-order chi connectivity index (χ0) is 19.6. The Hall–Kier alpha value is -1.36. The summed E-state index contributed by atoms with van der Waals surface area (Å²) in [4.78, 5) is 12.5. The molecular formula is C21H23Cl2NO2S. The summed E-state index contributed by atoms with van der Waals surface area (Å²) >= 11 is 13.6. The number of halogens is 2. The second kappa shape index (κ2) is 8.34. The lowest BCUT2D eigenvalue weighted by molar-refractivity contribution is -0.119. The van der Waals surface area contributed by atoms with Gasteiger partial charge in [-0.25, -0.2) is 0 Å². The molecule has 144 valence electrons. The Kier molecular flexibility index (Phi) is 6.29. The lowest BCUT2D eigenvalue weighted by Crippen LogP contribution is -2.41. The first-order valence-electron chi connectivity index (χ1n) is 8.84. The normalized spacial score (nSPS) is 17.7. The van der Waals surface area contributed by atoms with Gasteiger partial charge in [-0.1, -0.05) is 47.0 Å². The maximum Gasteiger partial charge on any atom is 0.230 e. The fourth-order valence-corrected chi connectivity index (χ4v) is 4.63. The number of rotatable bonds is 5. The summed E-state index contributed by atoms with van der Waals surface area (Å²) in [6, 6.07) is 11.5. The zero-order valence-electron chi connectivity index (χ0n) is 15.6. The molecule has 0 radical (unpaired) electrons. The van der Waals surface area contributed by atoms with E-state index in [1.54, 1.807) is 6.07 Å². The number of aryl methyl sites for hydroxylation is 1. The monoisotopic (exact) mass is 423 g/mol. The van der Waals surface area contributed by atoms with E-state index in [4.69, 9.17) is 27.9 Å². The third kappa shape index (κ3) is 5.34. The molecule has 1 aliphatic rings. The molecule has 1 heterocycles. The van der Waals surface area contributed by atoms with Crippen molar-refractivity contribution in [3.8, 4) is 5.75 Å². The number of hydrogen-bond acceptors (Lipinski definition) is 3. The summed E-state index contributed by atoms with van der Waals surface area (Å²) in [7, 11) is 0. The van der Waals surface area contributed by atoms with Crippen molar-refractivity contribution in [2.75, 3.05) is 5.75 Å². The summed E-state index contributed by atoms with van der Waals surface area (Å²) in [6.45, 7) is 6.14. The van der Waals surface area contributed by atoms with Gasteiger partial charge in [0.2, 0.25) is 5.91 Å². The molecule has 0 aromatic heterocycles. The Labute approximate surface area is 174 Å². The van der Waals surface area contributed by atoms with E-state index < -0.39 is 0 Å². The lowest BCUT2D eigenvalue weighted by Gasteiger charge is -2.38. The topological polar surface area (TPSA) is 38.3 Å². The minimum Gasteiger partial charge on any atom is -0.487 e. The highest BCUT2D eigenvalue weighted by molar-refractivity contribution is 7.99. The van der Waals surface area contributed by atoms with Crippen molar-refractivity contribution >= 4 is 40.9 Å². The molecule has 0 bridgehead atoms. The predicted octanol–water partition coefficient (Wildman–Crippen LogP) is 5.95. The van der Waals surface area contributed by atoms with Crippen LogP contribution in [0.1, 0.15) is 43.0 Å². The van der Waals surface area contributed by atoms with Gasteiger partial charge in [-0.3, -0.25) is 4.79 Å². The summed E-state index contributed by atoms with van der Waals surface area (Å²) in [5, 5.41) is 4.42. The molecule has 1 atom stereocenters. The largest absolute Gasteiger partial charge is 0.487 e. The summed E-state index contributed by atoms with van der Waals surface area (Å²) in [5.41, 5.74) is 2.87. The number of hydrogen-bond donors (Lipinski definition) is 1. The molecule has 1 amide bonds. The first-order valence-corrected chi connectivity index (χ1v) is 10.8. The van der Waals surface area contributed by atoms with Gasteiger partial charge in [-0.05, 0) is 44.5 Å². The molecule has 0 saturated heterocycles. The molecule has 3 nitrogen and oxygen atoms in total. The highest BCUT2D eigenvalue weighted by Gasteiger charge is 2.34. The van der Waals surface area contributed by atoms with Crippen molar-refractivity contribution in [2.24, 2.45) is 0 Å². The van der Waals surface area contributed by atoms with Gasteiger partial charge in [0.15, 0.2) is 0 Å². The molecule has 6 heteroatoms. The SMILES string of the molecule is Cc1ccc2c(c1)[C@@H](NC(=O)CSCc1ccc(Cl)cc1Cl)CC(C)(C)O2. The first kappa shape index (κ1) is 20.4. The summed E-state index contributed by atoms with van der Waals surface area (Å²) in [5.74, 6) is 1.90. The summed E-state index contributed by atoms with van der Waals surface area (Å²) < 4.78 is 6.07. The van der Waals surface area contributed by atoms with E-state index in [1.807, 2.05) is 45.0 Å². The number of thioether (sulfide) groups is 1. The zero-order valence-corrected chi connectivity index (χ0v) is 18.0. The molecular weight excluding hydrogens is 401 g/mol. The highest BCUT2D eigenvalue weighted by atomic mass is 35.5. The van der Waals surface area contributed by atoms with Crippen molar-refractivity contribution in [3.63, 3.8) is 0 Å². The number of ether oxygens (including phenoxy) is 1. The standard InChI is InChI=1S/C21H23Cl2NO2S/c1-13-4-7-19-16(8-13)18(10-21(2,3)26-19)24-20(25)12-27-11-14-5-6-15(22)9-17(14)23/h4-9,18H,10-12H2,1-3H3,(H,24,25)/t18-/m0/s1. The Morgan fingerprint density at radius 2 is 2.04 bits per heavy atom. The van der Waals surface area contributed by atoms with Crippen LogP contribution in [0.2, 0.25) is 10.0 Å². The number of carbonyl (C=O) groups is 1. The van der Waals surface area contributed by atoms with E-state index in [0.29, 0.717) is 21.6 Å². The van der Waals surface area contributed by atoms with Crippen molar-refractivity contribution < 1.29 is 9.53 Å². The number of fused-ring (bicyclic) bond motifs is 1. The van der Waals surface area contributed by atoms with Crippen LogP contribution in [0, 0.1) is 6.92 Å². The average Bonchev–Trinajstić information content (AvgIpc) is 2.57. The van der Waals surface area contributed by atoms with Gasteiger partial charge in [-0.2, -0.15) is 0 Å². The number of benzene rings is 2. The van der Waals surface area contributed by atoms with Crippen molar-refractivity contribution in [1.82, 2.24) is 5.32 Å². The number of nitrogens with one attached hydrogen (secondary N) is 1. The van der Waals surface area contributed by atoms with Crippen LogP contribution >= 0.6 is 35.0 Å². The lowest BCUT2D eigenvalue weighted by atomic mass is 9.89. The molecule has 0 fully saturated rings. The average molecular weight is 424 g/mol. The van der Waals surface area contributed by atoms with Crippen LogP contribution in [0.15, 0.2) is 36.4 Å². The van der Waals surface area contributed by atoms with Gasteiger partial charge in [0.1, 0.15) is 11.4 Å². The third-order valence-electron chi connectivity index (χ3n) is 4.46. The second-order valence-electron chi connectivity index (χ2n) is 7.46. The van der Waals surface area contributed by atoms with Gasteiger partial charge in [0, 0.05) is 27.8 Å². The maximum absolute atomic E-state index is 12.5. The fraction of sp³-hybridized carbons (Fsp3) is 0.381. The van der Waals surface area contributed by atoms with E-state index in [0.717, 1.165) is 28.9 Å². The molecule has 2 aromatic carbocycles. The minimum absolute atomic E-state index is 0.0141. The second-order valence-corrected chi connectivity index (χ2v) is 9.29. The van der Waals surface area contributed by atoms with Crippen molar-refractivity contribution in [3.05, 3.63) is 63.1 Å². The van der Waals surface area contributed by atoms with Crippen LogP contribution in [0.5, 0.6) is 5.75 Å². The van der Waals surface area contributed by atoms with Crippen molar-refractivity contribution in [1.29, 1.82) is 0 Å². The van der Waals surface area contributed by atoms with Gasteiger partial charge < -0.3 is 10.1 Å². The van der Waals surface area contributed by atoms with Crippen LogP contribution in [0.3, 0.4) is 0 Å². The molecule has 1 N–H and O–H groups in total. The molecule has 3 rings (SSSR count). The van der Waals surface area contributed by atoms with Gasteiger partial charge >= 0.3 is 0 Å². The molecule has 0 saturated carbocycles. The van der Waals surface area contributed by atoms with E-state index >= 15 is 0 Å². The van der Waals surface area contributed by atoms with Crippen LogP contribution < -0.4 is 10.1 Å². The first-order chi connectivity index (χ1) is 12.7. The van der Waals surface area contributed by atoms with Crippen LogP contribution in [-0.2, 0) is 10.5 Å². The molecule has 0 unspecified atom stereocenters. The summed E-state index contributed by atoms with van der Waals surface area (Å²) in [6.07, 6.45) is 0.739. The van der Waals surface area contributed by atoms with E-state index in [9.17, 15) is 4.79 Å². The Morgan fingerprint density at radius 1 is 1.26 bits per heavy atom. The van der Waals surface area contributed by atoms with Crippen molar-refractivity contribution in [2.45, 2.75) is 44.6 Å². The number of carbonyl (C=O) groups excluding carboxylic acids is 1. The molecule has 2 aromatic rings. The van der Waals surface area contributed by atoms with Crippen LogP contribution in [0.25, 0.3) is 0 Å². The minimum atomic E-state index is -0.315. The van der Waals surface area contributed by atoms with Crippen LogP contribution in [0.4, 0.5) is 0 Å². The third-order valence-corrected chi connectivity index (χ3v) is 6.03. The smallest absolute Gasteiger partial charge is 0.230 e. The Morgan fingerprint density at radius 3 is 2.78 bits per heavy atom. The Balaban J connectivity index is 1.61. The number of amides is 1. The van der Waals surface area contributed by atoms with Gasteiger partial charge in [0.25, 0.3) is 0 Å². The van der Waals surface area contributed by atoms with E-state index in [1.165, 1.54) is 11.8 Å². The quantitative estimate of drug-likeness (QED) is 0.644. The maximum atomic E-state index is 12.5. The van der Waals surface area contributed by atoms with E-state index in [2.05, 4.69) is 11.4 Å². The molecule has 0 spiro atoms. The fourth-order valence-electron chi connectivity index (χ4n) is 3.23. The molecule has 1 aliphatic heterocycles. The van der Waals surface area contributed by atoms with Gasteiger partial charge in [0.05, 0.1) is 11.8 Å². The predicted molar refractivity (Wildman–Crippen MR) is 114 cm³/mol. The molecule has 27 heavy (non-hydrogen) atoms. The Bertz CT molecular complexity index is 854. The molecule has 0 aliphatic carbocycles.